The third-order valence-corrected chi connectivity index (χ3v) is 6.42. The smallest absolute Gasteiger partial charge is 0.324 e. The van der Waals surface area contributed by atoms with Crippen LogP contribution >= 0.6 is 0 Å². The molecule has 2 aliphatic rings. The van der Waals surface area contributed by atoms with Crippen LogP contribution in [0.2, 0.25) is 0 Å². The SMILES string of the molecule is C=Cn1nc(CC2C3CCC2CN(c2cc(C)ncn2)C3)nc1Oc1cc(F)cc(F)c1. The fraction of sp³-hybridized carbons (Fsp3) is 0.391. The van der Waals surface area contributed by atoms with E-state index in [4.69, 9.17) is 4.74 Å². The van der Waals surface area contributed by atoms with Crippen molar-refractivity contribution < 1.29 is 13.5 Å². The number of fused-ring (bicyclic) bond motifs is 2. The molecule has 32 heavy (non-hydrogen) atoms. The summed E-state index contributed by atoms with van der Waals surface area (Å²) in [6.45, 7) is 7.61. The molecule has 0 amide bonds. The molecule has 1 aliphatic heterocycles. The molecule has 3 heterocycles. The largest absolute Gasteiger partial charge is 0.424 e. The molecule has 7 nitrogen and oxygen atoms in total. The van der Waals surface area contributed by atoms with Crippen molar-refractivity contribution in [3.8, 4) is 11.8 Å². The number of rotatable bonds is 6. The van der Waals surface area contributed by atoms with Crippen LogP contribution in [-0.4, -0.2) is 37.8 Å². The van der Waals surface area contributed by atoms with Crippen molar-refractivity contribution in [2.45, 2.75) is 26.2 Å². The van der Waals surface area contributed by atoms with Gasteiger partial charge in [-0.05, 0) is 37.5 Å². The molecule has 5 rings (SSSR count). The molecular weight excluding hydrogens is 414 g/mol. The predicted octanol–water partition coefficient (Wildman–Crippen LogP) is 4.25. The van der Waals surface area contributed by atoms with Crippen LogP contribution in [0.15, 0.2) is 37.2 Å². The van der Waals surface area contributed by atoms with E-state index < -0.39 is 11.6 Å². The van der Waals surface area contributed by atoms with Crippen molar-refractivity contribution >= 4 is 12.0 Å². The second-order valence-electron chi connectivity index (χ2n) is 8.53. The highest BCUT2D eigenvalue weighted by atomic mass is 19.1. The normalized spacial score (nSPS) is 22.2. The standard InChI is InChI=1S/C23H24F2N6O/c1-3-31-23(32-19-8-17(24)7-18(25)9-19)28-21(29-31)10-20-15-4-5-16(20)12-30(11-15)22-6-14(2)26-13-27-22/h3,6-9,13,15-16,20H,1,4-5,10-12H2,2H3. The van der Waals surface area contributed by atoms with Crippen LogP contribution in [0.25, 0.3) is 6.20 Å². The van der Waals surface area contributed by atoms with E-state index in [1.807, 2.05) is 13.0 Å². The molecule has 2 fully saturated rings. The maximum atomic E-state index is 13.5. The Kier molecular flexibility index (Phi) is 5.32. The van der Waals surface area contributed by atoms with Crippen molar-refractivity contribution in [3.05, 3.63) is 60.3 Å². The maximum absolute atomic E-state index is 13.5. The number of hydrogen-bond acceptors (Lipinski definition) is 6. The molecule has 3 aromatic rings. The van der Waals surface area contributed by atoms with Crippen LogP contribution in [0.3, 0.4) is 0 Å². The molecule has 0 N–H and O–H groups in total. The van der Waals surface area contributed by atoms with Crippen LogP contribution in [0.5, 0.6) is 11.8 Å². The van der Waals surface area contributed by atoms with Crippen LogP contribution in [0, 0.1) is 36.3 Å². The Bertz CT molecular complexity index is 1120. The molecular formula is C23H24F2N6O. The lowest BCUT2D eigenvalue weighted by Crippen LogP contribution is -2.43. The first-order valence-electron chi connectivity index (χ1n) is 10.7. The van der Waals surface area contributed by atoms with Crippen LogP contribution in [0.4, 0.5) is 14.6 Å². The minimum Gasteiger partial charge on any atom is -0.424 e. The fourth-order valence-corrected chi connectivity index (χ4v) is 5.00. The third kappa shape index (κ3) is 4.06. The number of piperidine rings is 1. The summed E-state index contributed by atoms with van der Waals surface area (Å²) in [5.41, 5.74) is 0.967. The van der Waals surface area contributed by atoms with Gasteiger partial charge in [-0.1, -0.05) is 6.58 Å². The summed E-state index contributed by atoms with van der Waals surface area (Å²) in [6.07, 6.45) is 6.15. The van der Waals surface area contributed by atoms with E-state index in [0.29, 0.717) is 23.6 Å². The van der Waals surface area contributed by atoms with Gasteiger partial charge in [-0.15, -0.1) is 5.10 Å². The molecule has 1 aliphatic carbocycles. The van der Waals surface area contributed by atoms with Crippen molar-refractivity contribution in [2.75, 3.05) is 18.0 Å². The van der Waals surface area contributed by atoms with Crippen molar-refractivity contribution in [2.24, 2.45) is 17.8 Å². The van der Waals surface area contributed by atoms with Crippen LogP contribution in [-0.2, 0) is 6.42 Å². The first-order valence-corrected chi connectivity index (χ1v) is 10.7. The summed E-state index contributed by atoms with van der Waals surface area (Å²) in [5, 5.41) is 4.49. The van der Waals surface area contributed by atoms with Gasteiger partial charge in [-0.25, -0.2) is 18.7 Å². The first kappa shape index (κ1) is 20.5. The van der Waals surface area contributed by atoms with Crippen molar-refractivity contribution in [1.29, 1.82) is 0 Å². The number of nitrogens with zero attached hydrogens (tertiary/aromatic N) is 6. The van der Waals surface area contributed by atoms with Gasteiger partial charge in [-0.3, -0.25) is 0 Å². The molecule has 9 heteroatoms. The molecule has 0 spiro atoms. The molecule has 1 aromatic carbocycles. The van der Waals surface area contributed by atoms with E-state index >= 15 is 0 Å². The number of halogens is 2. The van der Waals surface area contributed by atoms with E-state index in [2.05, 4.69) is 31.5 Å². The number of aryl methyl sites for hydroxylation is 1. The molecule has 1 saturated heterocycles. The zero-order chi connectivity index (χ0) is 22.2. The van der Waals surface area contributed by atoms with E-state index in [1.54, 1.807) is 6.33 Å². The lowest BCUT2D eigenvalue weighted by molar-refractivity contribution is 0.264. The second kappa shape index (κ2) is 8.29. The highest BCUT2D eigenvalue weighted by molar-refractivity contribution is 5.40. The maximum Gasteiger partial charge on any atom is 0.324 e. The van der Waals surface area contributed by atoms with Gasteiger partial charge >= 0.3 is 6.01 Å². The summed E-state index contributed by atoms with van der Waals surface area (Å²) >= 11 is 0. The van der Waals surface area contributed by atoms with E-state index in [1.165, 1.54) is 23.7 Å². The lowest BCUT2D eigenvalue weighted by atomic mass is 9.82. The zero-order valence-electron chi connectivity index (χ0n) is 17.8. The van der Waals surface area contributed by atoms with Crippen molar-refractivity contribution in [3.63, 3.8) is 0 Å². The van der Waals surface area contributed by atoms with E-state index in [9.17, 15) is 8.78 Å². The fourth-order valence-electron chi connectivity index (χ4n) is 5.00. The van der Waals surface area contributed by atoms with Gasteiger partial charge in [0.2, 0.25) is 0 Å². The van der Waals surface area contributed by atoms with Gasteiger partial charge in [0.25, 0.3) is 0 Å². The Morgan fingerprint density at radius 2 is 1.81 bits per heavy atom. The van der Waals surface area contributed by atoms with E-state index in [0.717, 1.165) is 49.2 Å². The summed E-state index contributed by atoms with van der Waals surface area (Å²) < 4.78 is 34.0. The summed E-state index contributed by atoms with van der Waals surface area (Å²) in [6, 6.07) is 5.18. The number of benzene rings is 1. The van der Waals surface area contributed by atoms with Crippen LogP contribution in [0.1, 0.15) is 24.4 Å². The number of hydrogen-bond donors (Lipinski definition) is 0. The Morgan fingerprint density at radius 3 is 2.47 bits per heavy atom. The third-order valence-electron chi connectivity index (χ3n) is 6.42. The number of ether oxygens (including phenoxy) is 1. The number of anilines is 1. The predicted molar refractivity (Wildman–Crippen MR) is 115 cm³/mol. The first-order chi connectivity index (χ1) is 15.5. The van der Waals surface area contributed by atoms with Crippen molar-refractivity contribution in [1.82, 2.24) is 24.7 Å². The van der Waals surface area contributed by atoms with Gasteiger partial charge in [0.1, 0.15) is 29.5 Å². The minimum absolute atomic E-state index is 0.0260. The monoisotopic (exact) mass is 438 g/mol. The van der Waals surface area contributed by atoms with Gasteiger partial charge in [0.15, 0.2) is 5.82 Å². The molecule has 2 atom stereocenters. The molecule has 166 valence electrons. The molecule has 1 saturated carbocycles. The zero-order valence-corrected chi connectivity index (χ0v) is 17.8. The lowest BCUT2D eigenvalue weighted by Gasteiger charge is -2.38. The van der Waals surface area contributed by atoms with Crippen LogP contribution < -0.4 is 9.64 Å². The summed E-state index contributed by atoms with van der Waals surface area (Å²) in [7, 11) is 0. The Labute approximate surface area is 184 Å². The topological polar surface area (TPSA) is 69.0 Å². The summed E-state index contributed by atoms with van der Waals surface area (Å²) in [4.78, 5) is 15.5. The average molecular weight is 438 g/mol. The number of aromatic nitrogens is 5. The van der Waals surface area contributed by atoms with Gasteiger partial charge in [0, 0.05) is 55.7 Å². The molecule has 2 unspecified atom stereocenters. The summed E-state index contributed by atoms with van der Waals surface area (Å²) in [5.74, 6) is 1.75. The Balaban J connectivity index is 1.31. The Morgan fingerprint density at radius 1 is 1.09 bits per heavy atom. The second-order valence-corrected chi connectivity index (χ2v) is 8.53. The van der Waals surface area contributed by atoms with Gasteiger partial charge in [0.05, 0.1) is 0 Å². The quantitative estimate of drug-likeness (QED) is 0.573. The van der Waals surface area contributed by atoms with E-state index in [-0.39, 0.29) is 11.8 Å². The Hall–Kier alpha value is -3.36. The van der Waals surface area contributed by atoms with Gasteiger partial charge in [-0.2, -0.15) is 9.67 Å². The highest BCUT2D eigenvalue weighted by Crippen LogP contribution is 2.44. The molecule has 0 radical (unpaired) electrons. The molecule has 2 aromatic heterocycles. The highest BCUT2D eigenvalue weighted by Gasteiger charge is 2.42. The molecule has 2 bridgehead atoms. The minimum atomic E-state index is -0.716. The van der Waals surface area contributed by atoms with Gasteiger partial charge < -0.3 is 9.64 Å². The average Bonchev–Trinajstić information content (AvgIpc) is 3.22.